The molecule has 0 aromatic carbocycles. The third-order valence-electron chi connectivity index (χ3n) is 5.83. The molecule has 0 spiro atoms. The number of aliphatic hydroxyl groups excluding tert-OH is 1. The molecule has 0 atom stereocenters. The number of aliphatic imine (C=N–C) groups is 1. The number of aromatic nitrogens is 3. The number of ether oxygens (including phenoxy) is 2. The van der Waals surface area contributed by atoms with Gasteiger partial charge in [-0.25, -0.2) is 9.98 Å². The van der Waals surface area contributed by atoms with Crippen LogP contribution in [-0.2, 0) is 9.47 Å². The Morgan fingerprint density at radius 2 is 2.03 bits per heavy atom. The van der Waals surface area contributed by atoms with Crippen LogP contribution in [-0.4, -0.2) is 58.6 Å². The lowest BCUT2D eigenvalue weighted by molar-refractivity contribution is 0.00168. The molecule has 1 aliphatic heterocycles. The van der Waals surface area contributed by atoms with Crippen molar-refractivity contribution in [3.63, 3.8) is 0 Å². The third-order valence-corrected chi connectivity index (χ3v) is 5.83. The number of aryl methyl sites for hydroxylation is 1. The molecule has 2 aromatic heterocycles. The quantitative estimate of drug-likeness (QED) is 0.733. The van der Waals surface area contributed by atoms with Crippen molar-refractivity contribution in [2.24, 2.45) is 4.99 Å². The Morgan fingerprint density at radius 1 is 1.26 bits per heavy atom. The number of nitrogens with zero attached hydrogens (tertiary/aromatic N) is 5. The minimum absolute atomic E-state index is 0.0121. The molecule has 166 valence electrons. The first kappa shape index (κ1) is 21.3. The number of fused-ring (bicyclic) bond motifs is 1. The molecule has 2 aromatic rings. The molecule has 3 N–H and O–H groups in total. The summed E-state index contributed by atoms with van der Waals surface area (Å²) in [6.07, 6.45) is 6.81. The molecule has 10 heteroatoms. The van der Waals surface area contributed by atoms with Gasteiger partial charge in [-0.2, -0.15) is 4.98 Å². The van der Waals surface area contributed by atoms with Gasteiger partial charge in [-0.1, -0.05) is 0 Å². The van der Waals surface area contributed by atoms with Crippen LogP contribution in [0.25, 0.3) is 11.0 Å². The van der Waals surface area contributed by atoms with E-state index in [1.165, 1.54) is 0 Å². The lowest BCUT2D eigenvalue weighted by Gasteiger charge is -2.31. The number of nitrogens with two attached hydrogens (primary N) is 1. The molecular weight excluding hydrogens is 400 g/mol. The van der Waals surface area contributed by atoms with Crippen LogP contribution in [0, 0.1) is 6.92 Å². The van der Waals surface area contributed by atoms with E-state index in [2.05, 4.69) is 15.0 Å². The SMILES string of the molecule is COC1=NCN(c2cc3c(C)nc(N)nc3n(C3CCC(OCCO)CC3)c2=O)C=C1. The maximum Gasteiger partial charge on any atom is 0.276 e. The molecule has 1 aliphatic carbocycles. The van der Waals surface area contributed by atoms with Gasteiger partial charge in [0.1, 0.15) is 18.0 Å². The zero-order chi connectivity index (χ0) is 22.0. The Hall–Kier alpha value is -2.98. The number of anilines is 2. The zero-order valence-corrected chi connectivity index (χ0v) is 17.8. The normalized spacial score (nSPS) is 21.4. The van der Waals surface area contributed by atoms with Gasteiger partial charge in [-0.3, -0.25) is 9.36 Å². The van der Waals surface area contributed by atoms with Crippen molar-refractivity contribution in [3.05, 3.63) is 34.4 Å². The molecule has 0 amide bonds. The average molecular weight is 428 g/mol. The van der Waals surface area contributed by atoms with E-state index in [0.717, 1.165) is 36.8 Å². The fourth-order valence-electron chi connectivity index (χ4n) is 4.28. The molecule has 2 aliphatic rings. The number of aliphatic hydroxyl groups is 1. The van der Waals surface area contributed by atoms with E-state index >= 15 is 0 Å². The molecular formula is C21H28N6O4. The maximum atomic E-state index is 13.7. The molecule has 0 unspecified atom stereocenters. The van der Waals surface area contributed by atoms with Gasteiger partial charge >= 0.3 is 0 Å². The smallest absolute Gasteiger partial charge is 0.276 e. The summed E-state index contributed by atoms with van der Waals surface area (Å²) in [5.74, 6) is 0.670. The standard InChI is InChI=1S/C21H28N6O4/c1-13-16-11-17(26-8-7-18(30-2)23-12-26)20(29)27(19(16)25-21(22)24-13)14-3-5-15(6-4-14)31-10-9-28/h7-8,11,14-15,28H,3-6,9-10,12H2,1-2H3,(H2,22,24,25). The second kappa shape index (κ2) is 9.03. The second-order valence-corrected chi connectivity index (χ2v) is 7.76. The van der Waals surface area contributed by atoms with Gasteiger partial charge in [0.05, 0.1) is 32.1 Å². The number of hydrogen-bond acceptors (Lipinski definition) is 9. The summed E-state index contributed by atoms with van der Waals surface area (Å²) in [4.78, 5) is 28.5. The van der Waals surface area contributed by atoms with E-state index in [1.54, 1.807) is 28.9 Å². The molecule has 0 saturated heterocycles. The van der Waals surface area contributed by atoms with Crippen molar-refractivity contribution in [2.75, 3.05) is 37.6 Å². The molecule has 1 saturated carbocycles. The summed E-state index contributed by atoms with van der Waals surface area (Å²) in [5.41, 5.74) is 7.58. The summed E-state index contributed by atoms with van der Waals surface area (Å²) in [5, 5.41) is 9.79. The highest BCUT2D eigenvalue weighted by Gasteiger charge is 2.27. The van der Waals surface area contributed by atoms with Gasteiger partial charge in [-0.05, 0) is 38.7 Å². The van der Waals surface area contributed by atoms with Crippen molar-refractivity contribution in [2.45, 2.75) is 44.8 Å². The summed E-state index contributed by atoms with van der Waals surface area (Å²) < 4.78 is 12.6. The number of methoxy groups -OCH3 is 1. The number of rotatable bonds is 5. The van der Waals surface area contributed by atoms with Gasteiger partial charge in [0.15, 0.2) is 0 Å². The third kappa shape index (κ3) is 4.26. The predicted molar refractivity (Wildman–Crippen MR) is 118 cm³/mol. The number of pyridine rings is 1. The molecule has 3 heterocycles. The Balaban J connectivity index is 1.75. The molecule has 10 nitrogen and oxygen atoms in total. The topological polar surface area (TPSA) is 128 Å². The Kier molecular flexibility index (Phi) is 6.19. The monoisotopic (exact) mass is 428 g/mol. The first-order valence-electron chi connectivity index (χ1n) is 10.5. The molecule has 4 rings (SSSR count). The van der Waals surface area contributed by atoms with Crippen molar-refractivity contribution in [3.8, 4) is 0 Å². The minimum Gasteiger partial charge on any atom is -0.481 e. The first-order valence-corrected chi connectivity index (χ1v) is 10.5. The summed E-state index contributed by atoms with van der Waals surface area (Å²) in [6.45, 7) is 2.50. The van der Waals surface area contributed by atoms with Crippen LogP contribution in [0.3, 0.4) is 0 Å². The van der Waals surface area contributed by atoms with Crippen molar-refractivity contribution in [1.29, 1.82) is 0 Å². The van der Waals surface area contributed by atoms with Gasteiger partial charge < -0.3 is 25.2 Å². The van der Waals surface area contributed by atoms with Crippen LogP contribution in [0.15, 0.2) is 28.1 Å². The van der Waals surface area contributed by atoms with Gasteiger partial charge in [0, 0.05) is 23.7 Å². The van der Waals surface area contributed by atoms with Crippen molar-refractivity contribution in [1.82, 2.24) is 14.5 Å². The highest BCUT2D eigenvalue weighted by molar-refractivity contribution is 5.89. The largest absolute Gasteiger partial charge is 0.481 e. The van der Waals surface area contributed by atoms with Crippen LogP contribution in [0.5, 0.6) is 0 Å². The fraction of sp³-hybridized carbons (Fsp3) is 0.524. The van der Waals surface area contributed by atoms with E-state index in [4.69, 9.17) is 20.3 Å². The van der Waals surface area contributed by atoms with Crippen LogP contribution in [0.4, 0.5) is 11.6 Å². The van der Waals surface area contributed by atoms with Gasteiger partial charge in [0.2, 0.25) is 11.8 Å². The fourth-order valence-corrected chi connectivity index (χ4v) is 4.28. The van der Waals surface area contributed by atoms with E-state index in [-0.39, 0.29) is 36.9 Å². The zero-order valence-electron chi connectivity index (χ0n) is 17.8. The van der Waals surface area contributed by atoms with E-state index in [9.17, 15) is 4.79 Å². The highest BCUT2D eigenvalue weighted by Crippen LogP contribution is 2.32. The Labute approximate surface area is 180 Å². The Morgan fingerprint density at radius 3 is 2.68 bits per heavy atom. The second-order valence-electron chi connectivity index (χ2n) is 7.76. The molecule has 1 fully saturated rings. The predicted octanol–water partition coefficient (Wildman–Crippen LogP) is 1.51. The van der Waals surface area contributed by atoms with E-state index in [0.29, 0.717) is 23.8 Å². The first-order chi connectivity index (χ1) is 15.0. The van der Waals surface area contributed by atoms with E-state index in [1.807, 2.05) is 13.0 Å². The van der Waals surface area contributed by atoms with Crippen LogP contribution in [0.2, 0.25) is 0 Å². The lowest BCUT2D eigenvalue weighted by Crippen LogP contribution is -2.35. The van der Waals surface area contributed by atoms with Crippen LogP contribution < -0.4 is 16.2 Å². The summed E-state index contributed by atoms with van der Waals surface area (Å²) >= 11 is 0. The summed E-state index contributed by atoms with van der Waals surface area (Å²) in [6, 6.07) is 1.79. The molecule has 31 heavy (non-hydrogen) atoms. The maximum absolute atomic E-state index is 13.7. The molecule has 0 bridgehead atoms. The van der Waals surface area contributed by atoms with Crippen LogP contribution in [0.1, 0.15) is 37.4 Å². The minimum atomic E-state index is -0.134. The Bertz CT molecular complexity index is 1070. The van der Waals surface area contributed by atoms with E-state index < -0.39 is 0 Å². The van der Waals surface area contributed by atoms with Crippen molar-refractivity contribution >= 4 is 28.6 Å². The summed E-state index contributed by atoms with van der Waals surface area (Å²) in [7, 11) is 1.56. The highest BCUT2D eigenvalue weighted by atomic mass is 16.5. The molecule has 0 radical (unpaired) electrons. The number of nitrogen functional groups attached to an aromatic ring is 1. The van der Waals surface area contributed by atoms with Gasteiger partial charge in [-0.15, -0.1) is 0 Å². The van der Waals surface area contributed by atoms with Crippen molar-refractivity contribution < 1.29 is 14.6 Å². The average Bonchev–Trinajstić information content (AvgIpc) is 2.78. The van der Waals surface area contributed by atoms with Gasteiger partial charge in [0.25, 0.3) is 5.56 Å². The number of hydrogen-bond donors (Lipinski definition) is 2. The lowest BCUT2D eigenvalue weighted by atomic mass is 9.92. The van der Waals surface area contributed by atoms with Crippen LogP contribution >= 0.6 is 0 Å².